The first-order valence-corrected chi connectivity index (χ1v) is 38.9. The van der Waals surface area contributed by atoms with E-state index in [4.69, 9.17) is 24.1 Å². The molecule has 4 amide bonds. The van der Waals surface area contributed by atoms with Crippen LogP contribution in [-0.2, 0) is 85.5 Å². The van der Waals surface area contributed by atoms with E-state index in [0.717, 1.165) is 256 Å². The van der Waals surface area contributed by atoms with Crippen molar-refractivity contribution in [3.63, 3.8) is 0 Å². The van der Waals surface area contributed by atoms with Crippen LogP contribution in [0.1, 0.15) is 118 Å². The van der Waals surface area contributed by atoms with E-state index in [-0.39, 0.29) is 41.6 Å². The van der Waals surface area contributed by atoms with Crippen molar-refractivity contribution in [2.75, 3.05) is 178 Å². The molecular formula is C81H104N16O13. The van der Waals surface area contributed by atoms with Crippen LogP contribution in [0.5, 0.6) is 0 Å². The first-order chi connectivity index (χ1) is 52.8. The fourth-order valence-corrected chi connectivity index (χ4v) is 17.1. The zero-order valence-corrected chi connectivity index (χ0v) is 64.8. The summed E-state index contributed by atoms with van der Waals surface area (Å²) in [5.41, 5.74) is 18.0. The Morgan fingerprint density at radius 2 is 0.891 bits per heavy atom. The number of nitro groups is 2. The summed E-state index contributed by atoms with van der Waals surface area (Å²) >= 11 is 0. The topological polar surface area (TPSA) is 335 Å². The van der Waals surface area contributed by atoms with Crippen LogP contribution in [0.2, 0.25) is 0 Å². The van der Waals surface area contributed by atoms with Gasteiger partial charge in [-0.3, -0.25) is 69.2 Å². The Bertz CT molecular complexity index is 4790. The summed E-state index contributed by atoms with van der Waals surface area (Å²) in [6, 6.07) is 18.0. The van der Waals surface area contributed by atoms with E-state index in [1.807, 2.05) is 29.8 Å². The maximum absolute atomic E-state index is 13.4. The van der Waals surface area contributed by atoms with Crippen molar-refractivity contribution < 1.29 is 53.1 Å². The first-order valence-electron chi connectivity index (χ1n) is 38.9. The van der Waals surface area contributed by atoms with E-state index in [1.54, 1.807) is 30.9 Å². The lowest BCUT2D eigenvalue weighted by molar-refractivity contribution is -0.385. The van der Waals surface area contributed by atoms with Gasteiger partial charge < -0.3 is 54.0 Å². The van der Waals surface area contributed by atoms with Crippen molar-refractivity contribution >= 4 is 79.6 Å². The van der Waals surface area contributed by atoms with Crippen LogP contribution >= 0.6 is 0 Å². The molecule has 4 fully saturated rings. The molecule has 0 unspecified atom stereocenters. The summed E-state index contributed by atoms with van der Waals surface area (Å²) in [6.07, 6.45) is 8.30. The fourth-order valence-electron chi connectivity index (χ4n) is 17.1. The number of amides is 4. The van der Waals surface area contributed by atoms with Crippen LogP contribution in [0.3, 0.4) is 0 Å². The van der Waals surface area contributed by atoms with E-state index in [0.29, 0.717) is 17.8 Å². The molecule has 2 aliphatic carbocycles. The van der Waals surface area contributed by atoms with Crippen LogP contribution < -0.4 is 20.0 Å². The highest BCUT2D eigenvalue weighted by atomic mass is 16.6. The number of fused-ring (bicyclic) bond motifs is 14. The predicted octanol–water partition coefficient (Wildman–Crippen LogP) is 9.00. The number of nitrogens with one attached hydrogen (secondary N) is 5. The van der Waals surface area contributed by atoms with E-state index in [1.165, 1.54) is 57.3 Å². The summed E-state index contributed by atoms with van der Waals surface area (Å²) in [5, 5.41) is 50.6. The van der Waals surface area contributed by atoms with E-state index in [9.17, 15) is 39.4 Å². The number of carbonyl (C=O) groups excluding carboxylic acids is 4. The van der Waals surface area contributed by atoms with Gasteiger partial charge in [-0.05, 0) is 176 Å². The summed E-state index contributed by atoms with van der Waals surface area (Å²) in [4.78, 5) is 94.2. The van der Waals surface area contributed by atoms with Crippen LogP contribution in [-0.4, -0.2) is 246 Å². The first kappa shape index (κ1) is 77.4. The van der Waals surface area contributed by atoms with E-state index < -0.39 is 31.5 Å². The SMILES string of the molecule is CC1(C)C(=O)N(CCN2CCOCC2)c2cc3c4c([nH]c3cc21)-c1[nH]ncc1CCC4.CC1(C)C(=O)N(CCN2CCOCC2)c2ccc([N+](=O)[O-])cc21.CC1(C)C(=O)Nc2ccc([N+](=O)[O-])cc21.Cc1[nH]nc2c1CCCc1c-2[nH]c2cc3c(cc12)N(CCN1CCOCC1)C(=O)C3(C)C.OCCN1CCOCC1. The third-order valence-electron chi connectivity index (χ3n) is 23.9. The van der Waals surface area contributed by atoms with Gasteiger partial charge in [-0.15, -0.1) is 0 Å². The number of benzene rings is 4. The lowest BCUT2D eigenvalue weighted by atomic mass is 9.85. The number of rotatable bonds is 13. The van der Waals surface area contributed by atoms with E-state index in [2.05, 4.69) is 114 Å². The summed E-state index contributed by atoms with van der Waals surface area (Å²) in [6.45, 7) is 36.7. The Hall–Kier alpha value is -9.30. The smallest absolute Gasteiger partial charge is 0.269 e. The molecule has 12 heterocycles. The lowest BCUT2D eigenvalue weighted by Crippen LogP contribution is -2.44. The molecule has 0 spiro atoms. The average molecular weight is 1510 g/mol. The number of aliphatic hydroxyl groups is 1. The minimum Gasteiger partial charge on any atom is -0.395 e. The molecule has 586 valence electrons. The molecule has 0 atom stereocenters. The number of aryl methyl sites for hydroxylation is 4. The van der Waals surface area contributed by atoms with Crippen LogP contribution in [0, 0.1) is 27.2 Å². The number of morpholine rings is 4. The second-order valence-corrected chi connectivity index (χ2v) is 32.2. The molecule has 4 aromatic carbocycles. The van der Waals surface area contributed by atoms with Gasteiger partial charge in [-0.2, -0.15) is 10.2 Å². The number of hydrogen-bond donors (Lipinski definition) is 6. The number of hydrogen-bond acceptors (Lipinski definition) is 19. The quantitative estimate of drug-likeness (QED) is 0.0463. The number of aromatic amines is 4. The zero-order chi connectivity index (χ0) is 77.6. The van der Waals surface area contributed by atoms with Gasteiger partial charge in [-0.1, -0.05) is 0 Å². The van der Waals surface area contributed by atoms with Gasteiger partial charge in [0, 0.05) is 178 Å². The normalized spacial score (nSPS) is 20.2. The number of anilines is 4. The molecular weight excluding hydrogens is 1400 g/mol. The highest BCUT2D eigenvalue weighted by Gasteiger charge is 2.48. The number of β-amino-alcohol motifs (C(OH)–C–C–N with tert-alkyl or cyclic N) is 1. The maximum Gasteiger partial charge on any atom is 0.269 e. The van der Waals surface area contributed by atoms with Crippen molar-refractivity contribution in [2.45, 2.75) is 122 Å². The molecule has 4 saturated heterocycles. The van der Waals surface area contributed by atoms with Crippen LogP contribution in [0.25, 0.3) is 44.6 Å². The molecule has 0 radical (unpaired) electrons. The third kappa shape index (κ3) is 15.1. The number of aromatic nitrogens is 6. The molecule has 29 heteroatoms. The van der Waals surface area contributed by atoms with Crippen molar-refractivity contribution in [3.8, 4) is 22.8 Å². The standard InChI is InChI=1S/C25H31N5O2.C24H29N5O2.C16H21N3O4.C10H10N2O3.C6H13NO2/c1-15-16-5-4-6-17-18-13-21-19(14-20(18)26-22(17)23(16)28-27-15)25(2,3)24(31)30(21)8-7-29-9-11-32-12-10-29;1-24(2)18-13-19-17(16-5-3-4-15-14-25-27-21(15)22(16)26-19)12-20(18)29(23(24)30)7-6-28-8-10-31-11-9-28;1-16(2)13-11-12(19(21)22)3-4-14(13)18(15(16)20)6-5-17-7-9-23-10-8-17;1-10(2)7-5-6(12(14)15)3-4-8(7)11-9(10)13;8-4-1-7-2-5-9-6-3-7/h13-14,26H,4-12H2,1-3H3,(H,27,28);12-14,26H,3-11H2,1-2H3,(H,25,27);3-4,11H,5-10H2,1-2H3;3-5H,1-2H3,(H,11,13);8H,1-6H2. The molecule has 8 aromatic rings. The van der Waals surface area contributed by atoms with Crippen molar-refractivity contribution in [3.05, 3.63) is 137 Å². The van der Waals surface area contributed by atoms with Gasteiger partial charge in [0.25, 0.3) is 11.4 Å². The zero-order valence-electron chi connectivity index (χ0n) is 64.8. The highest BCUT2D eigenvalue weighted by molar-refractivity contribution is 6.12. The Morgan fingerprint density at radius 3 is 1.37 bits per heavy atom. The molecule has 0 saturated carbocycles. The number of nitro benzene ring substituents is 2. The van der Waals surface area contributed by atoms with Gasteiger partial charge in [-0.25, -0.2) is 0 Å². The largest absolute Gasteiger partial charge is 0.395 e. The Balaban J connectivity index is 0.000000121. The second-order valence-electron chi connectivity index (χ2n) is 32.2. The predicted molar refractivity (Wildman–Crippen MR) is 421 cm³/mol. The summed E-state index contributed by atoms with van der Waals surface area (Å²) in [7, 11) is 0. The number of carbonyl (C=O) groups is 4. The lowest BCUT2D eigenvalue weighted by Gasteiger charge is -2.29. The number of H-pyrrole nitrogens is 4. The van der Waals surface area contributed by atoms with Gasteiger partial charge in [0.1, 0.15) is 5.69 Å². The molecule has 110 heavy (non-hydrogen) atoms. The third-order valence-corrected chi connectivity index (χ3v) is 23.9. The van der Waals surface area contributed by atoms with Crippen molar-refractivity contribution in [1.82, 2.24) is 50.0 Å². The van der Waals surface area contributed by atoms with Gasteiger partial charge in [0.05, 0.1) is 114 Å². The van der Waals surface area contributed by atoms with Crippen molar-refractivity contribution in [1.29, 1.82) is 0 Å². The minimum atomic E-state index is -0.730. The fraction of sp³-hybridized carbons (Fsp3) is 0.531. The van der Waals surface area contributed by atoms with Crippen molar-refractivity contribution in [2.24, 2.45) is 0 Å². The average Bonchev–Trinajstić information content (AvgIpc) is 1.57. The summed E-state index contributed by atoms with van der Waals surface area (Å²) in [5.74, 6) is 0.273. The Kier molecular flexibility index (Phi) is 22.4. The van der Waals surface area contributed by atoms with Gasteiger partial charge >= 0.3 is 0 Å². The molecule has 4 aromatic heterocycles. The minimum absolute atomic E-state index is 0.00116. The van der Waals surface area contributed by atoms with Crippen LogP contribution in [0.4, 0.5) is 34.1 Å². The summed E-state index contributed by atoms with van der Waals surface area (Å²) < 4.78 is 21.4. The van der Waals surface area contributed by atoms with Gasteiger partial charge in [0.15, 0.2) is 0 Å². The Morgan fingerprint density at radius 1 is 0.473 bits per heavy atom. The number of non-ortho nitro benzene ring substituents is 2. The molecule has 6 N–H and O–H groups in total. The number of ether oxygens (including phenoxy) is 4. The maximum atomic E-state index is 13.4. The number of nitrogens with zero attached hydrogens (tertiary/aromatic N) is 11. The Labute approximate surface area is 639 Å². The second kappa shape index (κ2) is 31.8. The highest BCUT2D eigenvalue weighted by Crippen LogP contribution is 2.49. The molecule has 8 aliphatic heterocycles. The number of aliphatic hydroxyl groups excluding tert-OH is 1. The molecule has 0 bridgehead atoms. The molecule has 29 nitrogen and oxygen atoms in total. The monoisotopic (exact) mass is 1510 g/mol. The molecule has 18 rings (SSSR count). The van der Waals surface area contributed by atoms with E-state index >= 15 is 0 Å². The van der Waals surface area contributed by atoms with Crippen LogP contribution in [0.15, 0.2) is 66.9 Å². The van der Waals surface area contributed by atoms with Gasteiger partial charge in [0.2, 0.25) is 23.6 Å². The molecule has 10 aliphatic rings.